The molecule has 0 radical (unpaired) electrons. The van der Waals surface area contributed by atoms with Gasteiger partial charge in [-0.05, 0) is 87.1 Å². The van der Waals surface area contributed by atoms with Crippen molar-refractivity contribution in [3.8, 4) is 22.3 Å². The second-order valence-corrected chi connectivity index (χ2v) is 15.7. The Morgan fingerprint density at radius 3 is 2.24 bits per heavy atom. The maximum absolute atomic E-state index is 14.0. The molecule has 1 unspecified atom stereocenters. The third-order valence-corrected chi connectivity index (χ3v) is 10.7. The van der Waals surface area contributed by atoms with Crippen molar-refractivity contribution < 1.29 is 22.7 Å². The number of hydrogen-bond donors (Lipinski definition) is 0. The van der Waals surface area contributed by atoms with E-state index in [1.807, 2.05) is 57.2 Å². The summed E-state index contributed by atoms with van der Waals surface area (Å²) in [6.45, 7) is 8.70. The summed E-state index contributed by atoms with van der Waals surface area (Å²) >= 11 is 0. The van der Waals surface area contributed by atoms with Crippen LogP contribution in [0.15, 0.2) is 96.2 Å². The lowest BCUT2D eigenvalue weighted by atomic mass is 9.89. The third-order valence-electron chi connectivity index (χ3n) is 8.88. The Kier molecular flexibility index (Phi) is 9.11. The number of rotatable bonds is 6. The Morgan fingerprint density at radius 2 is 1.59 bits per heavy atom. The van der Waals surface area contributed by atoms with Crippen LogP contribution in [0.4, 0.5) is 4.79 Å². The first-order valence-electron chi connectivity index (χ1n) is 16.5. The monoisotopic (exact) mass is 678 g/mol. The lowest BCUT2D eigenvalue weighted by Crippen LogP contribution is -2.42. The van der Waals surface area contributed by atoms with Gasteiger partial charge in [-0.1, -0.05) is 54.6 Å². The molecule has 1 aliphatic heterocycles. The van der Waals surface area contributed by atoms with Gasteiger partial charge in [0.05, 0.1) is 4.90 Å². The summed E-state index contributed by atoms with van der Waals surface area (Å²) < 4.78 is 35.0. The van der Waals surface area contributed by atoms with Crippen LogP contribution in [0.1, 0.15) is 61.0 Å². The predicted molar refractivity (Wildman–Crippen MR) is 192 cm³/mol. The van der Waals surface area contributed by atoms with Gasteiger partial charge in [0.1, 0.15) is 5.60 Å². The molecule has 0 N–H and O–H groups in total. The van der Waals surface area contributed by atoms with Crippen molar-refractivity contribution in [1.82, 2.24) is 18.8 Å². The van der Waals surface area contributed by atoms with Crippen LogP contribution in [-0.2, 0) is 14.8 Å². The van der Waals surface area contributed by atoms with E-state index in [0.29, 0.717) is 40.8 Å². The molecule has 1 atom stereocenters. The van der Waals surface area contributed by atoms with Crippen LogP contribution in [-0.4, -0.2) is 72.0 Å². The number of pyridine rings is 1. The summed E-state index contributed by atoms with van der Waals surface area (Å²) in [6, 6.07) is 24.3. The average Bonchev–Trinajstić information content (AvgIpc) is 3.47. The van der Waals surface area contributed by atoms with Gasteiger partial charge in [0.15, 0.2) is 5.65 Å². The minimum Gasteiger partial charge on any atom is -0.444 e. The number of carbonyl (C=O) groups excluding carboxylic acids is 2. The number of hydrogen-bond acceptors (Lipinski definition) is 6. The summed E-state index contributed by atoms with van der Waals surface area (Å²) in [5.74, 6) is 0.0832. The number of piperidine rings is 1. The fourth-order valence-electron chi connectivity index (χ4n) is 6.34. The fraction of sp³-hybridized carbons (Fsp3) is 0.308. The smallest absolute Gasteiger partial charge is 0.410 e. The first-order valence-corrected chi connectivity index (χ1v) is 17.9. The summed E-state index contributed by atoms with van der Waals surface area (Å²) in [5, 5.41) is 0.672. The SMILES string of the molecule is Cc1ccccc1S(=O)(=O)n1cc(-c2ccc(C(=O)N(C)C)cc2)c2cc(-c3ccc(C4CCCN(C(=O)OC(C)(C)C)C4)cc3)cnc21. The Bertz CT molecular complexity index is 2130. The molecule has 6 rings (SSSR count). The minimum atomic E-state index is -3.98. The second kappa shape index (κ2) is 13.2. The lowest BCUT2D eigenvalue weighted by Gasteiger charge is -2.34. The molecule has 0 saturated carbocycles. The molecule has 2 amide bonds. The topological polar surface area (TPSA) is 102 Å². The van der Waals surface area contributed by atoms with Crippen LogP contribution < -0.4 is 0 Å². The van der Waals surface area contributed by atoms with Crippen molar-refractivity contribution in [3.63, 3.8) is 0 Å². The van der Waals surface area contributed by atoms with Crippen LogP contribution in [0.3, 0.4) is 0 Å². The zero-order chi connectivity index (χ0) is 35.1. The molecule has 1 saturated heterocycles. The van der Waals surface area contributed by atoms with E-state index in [9.17, 15) is 18.0 Å². The van der Waals surface area contributed by atoms with Crippen LogP contribution in [0.2, 0.25) is 0 Å². The van der Waals surface area contributed by atoms with Crippen molar-refractivity contribution in [1.29, 1.82) is 0 Å². The minimum absolute atomic E-state index is 0.116. The molecule has 2 aromatic heterocycles. The molecule has 1 aliphatic rings. The van der Waals surface area contributed by atoms with E-state index >= 15 is 0 Å². The molecule has 0 spiro atoms. The van der Waals surface area contributed by atoms with Crippen LogP contribution >= 0.6 is 0 Å². The Hall–Kier alpha value is -4.96. The standard InChI is InChI=1S/C39H42N4O5S/c1-26-10-7-8-12-35(26)49(46,47)43-25-34(29-17-19-30(20-18-29)37(44)41(5)6)33-22-32(23-40-36(33)43)28-15-13-27(14-16-28)31-11-9-21-42(24-31)38(45)48-39(2,3)4/h7-8,10,12-20,22-23,25,31H,9,11,21,24H2,1-6H3. The quantitative estimate of drug-likeness (QED) is 0.182. The van der Waals surface area contributed by atoms with E-state index in [0.717, 1.165) is 35.1 Å². The lowest BCUT2D eigenvalue weighted by molar-refractivity contribution is 0.0198. The number of benzene rings is 3. The Morgan fingerprint density at radius 1 is 0.918 bits per heavy atom. The van der Waals surface area contributed by atoms with Gasteiger partial charge >= 0.3 is 6.09 Å². The number of fused-ring (bicyclic) bond motifs is 1. The molecule has 5 aromatic rings. The molecular formula is C39H42N4O5S. The van der Waals surface area contributed by atoms with Gasteiger partial charge in [-0.25, -0.2) is 22.2 Å². The largest absolute Gasteiger partial charge is 0.444 e. The Labute approximate surface area is 288 Å². The zero-order valence-electron chi connectivity index (χ0n) is 28.8. The first kappa shape index (κ1) is 33.9. The predicted octanol–water partition coefficient (Wildman–Crippen LogP) is 7.73. The number of aromatic nitrogens is 2. The highest BCUT2D eigenvalue weighted by molar-refractivity contribution is 7.90. The van der Waals surface area contributed by atoms with E-state index in [-0.39, 0.29) is 22.8 Å². The van der Waals surface area contributed by atoms with E-state index in [1.54, 1.807) is 68.6 Å². The second-order valence-electron chi connectivity index (χ2n) is 13.9. The van der Waals surface area contributed by atoms with Gasteiger partial charge in [-0.3, -0.25) is 4.79 Å². The number of aryl methyl sites for hydroxylation is 1. The molecule has 10 heteroatoms. The van der Waals surface area contributed by atoms with Gasteiger partial charge in [0.2, 0.25) is 0 Å². The third kappa shape index (κ3) is 6.96. The van der Waals surface area contributed by atoms with E-state index in [4.69, 9.17) is 9.72 Å². The highest BCUT2D eigenvalue weighted by Crippen LogP contribution is 2.36. The highest BCUT2D eigenvalue weighted by atomic mass is 32.2. The normalized spacial score (nSPS) is 15.3. The van der Waals surface area contributed by atoms with Gasteiger partial charge in [0.25, 0.3) is 15.9 Å². The van der Waals surface area contributed by atoms with Gasteiger partial charge in [-0.2, -0.15) is 0 Å². The van der Waals surface area contributed by atoms with Crippen molar-refractivity contribution in [3.05, 3.63) is 108 Å². The molecule has 0 bridgehead atoms. The van der Waals surface area contributed by atoms with Crippen molar-refractivity contribution in [2.45, 2.75) is 57.0 Å². The molecule has 3 aromatic carbocycles. The average molecular weight is 679 g/mol. The highest BCUT2D eigenvalue weighted by Gasteiger charge is 2.29. The van der Waals surface area contributed by atoms with Gasteiger partial charge in [0, 0.05) is 67.6 Å². The molecular weight excluding hydrogens is 637 g/mol. The summed E-state index contributed by atoms with van der Waals surface area (Å²) in [5.41, 5.74) is 5.33. The summed E-state index contributed by atoms with van der Waals surface area (Å²) in [7, 11) is -0.572. The molecule has 0 aliphatic carbocycles. The van der Waals surface area contributed by atoms with Crippen LogP contribution in [0, 0.1) is 6.92 Å². The Balaban J connectivity index is 1.37. The molecule has 1 fully saturated rings. The van der Waals surface area contributed by atoms with Crippen molar-refractivity contribution in [2.75, 3.05) is 27.2 Å². The van der Waals surface area contributed by atoms with Crippen molar-refractivity contribution >= 4 is 33.1 Å². The number of ether oxygens (including phenoxy) is 1. The van der Waals surface area contributed by atoms with E-state index < -0.39 is 15.6 Å². The number of nitrogens with zero attached hydrogens (tertiary/aromatic N) is 4. The molecule has 49 heavy (non-hydrogen) atoms. The zero-order valence-corrected chi connectivity index (χ0v) is 29.6. The number of carbonyl (C=O) groups is 2. The van der Waals surface area contributed by atoms with Crippen LogP contribution in [0.25, 0.3) is 33.3 Å². The number of amides is 2. The van der Waals surface area contributed by atoms with E-state index in [1.165, 1.54) is 8.87 Å². The van der Waals surface area contributed by atoms with E-state index in [2.05, 4.69) is 12.1 Å². The maximum Gasteiger partial charge on any atom is 0.410 e. The van der Waals surface area contributed by atoms with Crippen LogP contribution in [0.5, 0.6) is 0 Å². The van der Waals surface area contributed by atoms with Gasteiger partial charge < -0.3 is 14.5 Å². The first-order chi connectivity index (χ1) is 23.2. The fourth-order valence-corrected chi connectivity index (χ4v) is 7.90. The molecule has 9 nitrogen and oxygen atoms in total. The maximum atomic E-state index is 14.0. The van der Waals surface area contributed by atoms with Gasteiger partial charge in [-0.15, -0.1) is 0 Å². The summed E-state index contributed by atoms with van der Waals surface area (Å²) in [4.78, 5) is 33.6. The van der Waals surface area contributed by atoms with Crippen molar-refractivity contribution in [2.24, 2.45) is 0 Å². The molecule has 3 heterocycles. The summed E-state index contributed by atoms with van der Waals surface area (Å²) in [6.07, 6.45) is 4.93. The molecule has 254 valence electrons. The number of likely N-dealkylation sites (tertiary alicyclic amines) is 1.